The first kappa shape index (κ1) is 19.2. The summed E-state index contributed by atoms with van der Waals surface area (Å²) in [7, 11) is 0. The maximum absolute atomic E-state index is 12.8. The minimum absolute atomic E-state index is 0.0553. The number of nitrogens with one attached hydrogen (secondary N) is 1. The van der Waals surface area contributed by atoms with Crippen molar-refractivity contribution in [1.29, 1.82) is 0 Å². The molecule has 1 aromatic heterocycles. The van der Waals surface area contributed by atoms with Gasteiger partial charge in [0.15, 0.2) is 5.78 Å². The van der Waals surface area contributed by atoms with Crippen molar-refractivity contribution in [2.75, 3.05) is 4.72 Å². The number of halogens is 1. The predicted molar refractivity (Wildman–Crippen MR) is 111 cm³/mol. The normalized spacial score (nSPS) is 10.9. The Morgan fingerprint density at radius 3 is 2.56 bits per heavy atom. The summed E-state index contributed by atoms with van der Waals surface area (Å²) < 4.78 is 4.11. The van der Waals surface area contributed by atoms with E-state index in [0.717, 1.165) is 15.1 Å². The van der Waals surface area contributed by atoms with Crippen molar-refractivity contribution in [3.63, 3.8) is 0 Å². The van der Waals surface area contributed by atoms with E-state index in [9.17, 15) is 4.79 Å². The van der Waals surface area contributed by atoms with Crippen LogP contribution in [0.4, 0.5) is 5.69 Å². The topological polar surface area (TPSA) is 42.0 Å². The third-order valence-electron chi connectivity index (χ3n) is 3.23. The molecule has 0 saturated carbocycles. The fourth-order valence-electron chi connectivity index (χ4n) is 1.96. The number of rotatable bonds is 7. The van der Waals surface area contributed by atoms with Crippen LogP contribution in [-0.2, 0) is 0 Å². The first-order valence-corrected chi connectivity index (χ1v) is 9.27. The lowest BCUT2D eigenvalue weighted by Gasteiger charge is -2.11. The first-order chi connectivity index (χ1) is 12.0. The van der Waals surface area contributed by atoms with Crippen LogP contribution in [0.1, 0.15) is 29.8 Å². The zero-order valence-corrected chi connectivity index (χ0v) is 16.5. The van der Waals surface area contributed by atoms with Crippen LogP contribution in [0.5, 0.6) is 0 Å². The SMILES string of the molecule is C=C/C(=C\C=C(C)C)SNc1ccc(Br)cc1C(=O)c1ccncc1. The number of allylic oxidation sites excluding steroid dienone is 4. The molecule has 2 aromatic rings. The maximum Gasteiger partial charge on any atom is 0.195 e. The summed E-state index contributed by atoms with van der Waals surface area (Å²) in [5.74, 6) is -0.0553. The Morgan fingerprint density at radius 2 is 1.92 bits per heavy atom. The van der Waals surface area contributed by atoms with E-state index in [2.05, 4.69) is 32.2 Å². The fourth-order valence-corrected chi connectivity index (χ4v) is 2.94. The number of anilines is 1. The zero-order valence-electron chi connectivity index (χ0n) is 14.1. The molecule has 0 atom stereocenters. The number of hydrogen-bond acceptors (Lipinski definition) is 4. The van der Waals surface area contributed by atoms with Gasteiger partial charge in [-0.05, 0) is 62.2 Å². The third kappa shape index (κ3) is 5.73. The van der Waals surface area contributed by atoms with Gasteiger partial charge in [-0.25, -0.2) is 0 Å². The van der Waals surface area contributed by atoms with E-state index in [1.54, 1.807) is 30.6 Å². The highest BCUT2D eigenvalue weighted by Gasteiger charge is 2.14. The first-order valence-electron chi connectivity index (χ1n) is 7.66. The molecule has 3 nitrogen and oxygen atoms in total. The monoisotopic (exact) mass is 414 g/mol. The highest BCUT2D eigenvalue weighted by Crippen LogP contribution is 2.28. The molecule has 5 heteroatoms. The van der Waals surface area contributed by atoms with E-state index in [1.165, 1.54) is 17.5 Å². The van der Waals surface area contributed by atoms with Crippen molar-refractivity contribution in [2.45, 2.75) is 13.8 Å². The molecule has 0 saturated heterocycles. The smallest absolute Gasteiger partial charge is 0.195 e. The maximum atomic E-state index is 12.8. The van der Waals surface area contributed by atoms with Crippen molar-refractivity contribution in [3.8, 4) is 0 Å². The molecule has 2 rings (SSSR count). The van der Waals surface area contributed by atoms with Crippen LogP contribution in [0.2, 0.25) is 0 Å². The molecule has 1 heterocycles. The van der Waals surface area contributed by atoms with Gasteiger partial charge < -0.3 is 4.72 Å². The van der Waals surface area contributed by atoms with Gasteiger partial charge in [-0.3, -0.25) is 9.78 Å². The molecule has 0 bridgehead atoms. The number of carbonyl (C=O) groups is 1. The lowest BCUT2D eigenvalue weighted by Crippen LogP contribution is -2.05. The molecule has 0 aliphatic heterocycles. The van der Waals surface area contributed by atoms with Gasteiger partial charge in [-0.1, -0.05) is 40.2 Å². The Kier molecular flexibility index (Phi) is 7.22. The molecular weight excluding hydrogens is 396 g/mol. The van der Waals surface area contributed by atoms with Crippen molar-refractivity contribution >= 4 is 39.3 Å². The van der Waals surface area contributed by atoms with Crippen LogP contribution in [0.3, 0.4) is 0 Å². The van der Waals surface area contributed by atoms with Crippen molar-refractivity contribution < 1.29 is 4.79 Å². The average Bonchev–Trinajstić information content (AvgIpc) is 2.62. The molecule has 0 unspecified atom stereocenters. The molecule has 0 fully saturated rings. The number of ketones is 1. The molecule has 1 aromatic carbocycles. The molecule has 25 heavy (non-hydrogen) atoms. The third-order valence-corrected chi connectivity index (χ3v) is 4.58. The summed E-state index contributed by atoms with van der Waals surface area (Å²) in [6.07, 6.45) is 9.02. The van der Waals surface area contributed by atoms with Crippen LogP contribution in [0.15, 0.2) is 82.5 Å². The number of hydrogen-bond donors (Lipinski definition) is 1. The fraction of sp³-hybridized carbons (Fsp3) is 0.100. The van der Waals surface area contributed by atoms with Gasteiger partial charge >= 0.3 is 0 Å². The van der Waals surface area contributed by atoms with Crippen LogP contribution in [0.25, 0.3) is 0 Å². The molecule has 0 aliphatic carbocycles. The Labute approximate surface area is 161 Å². The summed E-state index contributed by atoms with van der Waals surface area (Å²) in [5, 5.41) is 0. The molecule has 1 N–H and O–H groups in total. The largest absolute Gasteiger partial charge is 0.325 e. The van der Waals surface area contributed by atoms with E-state index in [0.29, 0.717) is 11.1 Å². The van der Waals surface area contributed by atoms with Crippen molar-refractivity contribution in [2.24, 2.45) is 0 Å². The van der Waals surface area contributed by atoms with E-state index in [4.69, 9.17) is 0 Å². The van der Waals surface area contributed by atoms with E-state index in [1.807, 2.05) is 44.2 Å². The molecule has 0 aliphatic rings. The average molecular weight is 415 g/mol. The summed E-state index contributed by atoms with van der Waals surface area (Å²) in [6.45, 7) is 7.91. The minimum atomic E-state index is -0.0553. The minimum Gasteiger partial charge on any atom is -0.325 e. The highest BCUT2D eigenvalue weighted by molar-refractivity contribution is 9.10. The number of nitrogens with zero attached hydrogens (tertiary/aromatic N) is 1. The van der Waals surface area contributed by atoms with Crippen LogP contribution in [0, 0.1) is 0 Å². The second-order valence-electron chi connectivity index (χ2n) is 5.48. The Balaban J connectivity index is 2.27. The lowest BCUT2D eigenvalue weighted by molar-refractivity contribution is 0.103. The van der Waals surface area contributed by atoms with Crippen LogP contribution in [-0.4, -0.2) is 10.8 Å². The van der Waals surface area contributed by atoms with E-state index in [-0.39, 0.29) is 5.78 Å². The second-order valence-corrected chi connectivity index (χ2v) is 7.27. The molecular formula is C20H19BrN2OS. The van der Waals surface area contributed by atoms with Gasteiger partial charge in [0.05, 0.1) is 5.69 Å². The summed E-state index contributed by atoms with van der Waals surface area (Å²) in [5.41, 5.74) is 3.15. The molecule has 0 amide bonds. The van der Waals surface area contributed by atoms with Gasteiger partial charge in [0.1, 0.15) is 0 Å². The lowest BCUT2D eigenvalue weighted by atomic mass is 10.0. The highest BCUT2D eigenvalue weighted by atomic mass is 79.9. The number of carbonyl (C=O) groups excluding carboxylic acids is 1. The Hall–Kier alpha value is -2.11. The zero-order chi connectivity index (χ0) is 18.2. The predicted octanol–water partition coefficient (Wildman–Crippen LogP) is 6.17. The van der Waals surface area contributed by atoms with Crippen LogP contribution >= 0.6 is 27.9 Å². The second kappa shape index (κ2) is 9.39. The number of pyridine rings is 1. The summed E-state index contributed by atoms with van der Waals surface area (Å²) in [6, 6.07) is 9.03. The summed E-state index contributed by atoms with van der Waals surface area (Å²) >= 11 is 4.86. The Bertz CT molecular complexity index is 825. The van der Waals surface area contributed by atoms with E-state index < -0.39 is 0 Å². The van der Waals surface area contributed by atoms with Gasteiger partial charge in [0.25, 0.3) is 0 Å². The summed E-state index contributed by atoms with van der Waals surface area (Å²) in [4.78, 5) is 17.7. The number of benzene rings is 1. The van der Waals surface area contributed by atoms with Gasteiger partial charge in [-0.15, -0.1) is 0 Å². The standard InChI is InChI=1S/C20H19BrN2OS/c1-4-17(7-5-14(2)3)25-23-19-8-6-16(21)13-18(19)20(24)15-9-11-22-12-10-15/h4-13,23H,1H2,2-3H3/b17-7+. The molecule has 0 radical (unpaired) electrons. The quantitative estimate of drug-likeness (QED) is 0.334. The molecule has 0 spiro atoms. The van der Waals surface area contributed by atoms with Crippen molar-refractivity contribution in [1.82, 2.24) is 4.98 Å². The van der Waals surface area contributed by atoms with Crippen molar-refractivity contribution in [3.05, 3.63) is 93.6 Å². The van der Waals surface area contributed by atoms with E-state index >= 15 is 0 Å². The van der Waals surface area contributed by atoms with Gasteiger partial charge in [-0.2, -0.15) is 0 Å². The molecule has 128 valence electrons. The number of aromatic nitrogens is 1. The van der Waals surface area contributed by atoms with Gasteiger partial charge in [0, 0.05) is 32.9 Å². The Morgan fingerprint density at radius 1 is 1.20 bits per heavy atom. The van der Waals surface area contributed by atoms with Crippen LogP contribution < -0.4 is 4.72 Å². The van der Waals surface area contributed by atoms with Gasteiger partial charge in [0.2, 0.25) is 0 Å².